The first-order chi connectivity index (χ1) is 12.8. The Morgan fingerprint density at radius 2 is 1.58 bits per heavy atom. The summed E-state index contributed by atoms with van der Waals surface area (Å²) in [6.07, 6.45) is 1.61. The molecular weight excluding hydrogens is 326 g/mol. The summed E-state index contributed by atoms with van der Waals surface area (Å²) < 4.78 is 7.26. The van der Waals surface area contributed by atoms with E-state index in [0.29, 0.717) is 22.3 Å². The van der Waals surface area contributed by atoms with Gasteiger partial charge in [-0.1, -0.05) is 48.5 Å². The van der Waals surface area contributed by atoms with Gasteiger partial charge in [0.05, 0.1) is 16.6 Å². The zero-order valence-electron chi connectivity index (χ0n) is 13.7. The molecule has 0 spiro atoms. The van der Waals surface area contributed by atoms with Crippen LogP contribution in [0.5, 0.6) is 0 Å². The number of para-hydroxylation sites is 1. The fourth-order valence-electron chi connectivity index (χ4n) is 3.21. The number of rotatable bonds is 2. The minimum Gasteiger partial charge on any atom is -0.403 e. The van der Waals surface area contributed by atoms with E-state index < -0.39 is 5.63 Å². The zero-order valence-corrected chi connectivity index (χ0v) is 13.7. The van der Waals surface area contributed by atoms with Gasteiger partial charge < -0.3 is 4.42 Å². The van der Waals surface area contributed by atoms with Crippen molar-refractivity contribution < 1.29 is 4.42 Å². The van der Waals surface area contributed by atoms with E-state index in [1.165, 1.54) is 0 Å². The average Bonchev–Trinajstić information content (AvgIpc) is 3.11. The highest BCUT2D eigenvalue weighted by atomic mass is 16.4. The minimum absolute atomic E-state index is 0.307. The molecule has 0 fully saturated rings. The average molecular weight is 339 g/mol. The number of fused-ring (bicyclic) bond motifs is 3. The maximum absolute atomic E-state index is 12.8. The monoisotopic (exact) mass is 339 g/mol. The van der Waals surface area contributed by atoms with Crippen LogP contribution in [0.3, 0.4) is 0 Å². The van der Waals surface area contributed by atoms with E-state index in [1.807, 2.05) is 72.8 Å². The molecule has 5 nitrogen and oxygen atoms in total. The number of hydrogen-bond acceptors (Lipinski definition) is 4. The Hall–Kier alpha value is -3.73. The molecule has 0 atom stereocenters. The fourth-order valence-corrected chi connectivity index (χ4v) is 3.21. The van der Waals surface area contributed by atoms with E-state index in [1.54, 1.807) is 10.9 Å². The smallest absolute Gasteiger partial charge is 0.349 e. The van der Waals surface area contributed by atoms with Crippen molar-refractivity contribution >= 4 is 22.0 Å². The highest BCUT2D eigenvalue weighted by Crippen LogP contribution is 2.31. The molecule has 0 aliphatic rings. The lowest BCUT2D eigenvalue weighted by atomic mass is 10.1. The molecule has 124 valence electrons. The van der Waals surface area contributed by atoms with Crippen molar-refractivity contribution in [3.8, 4) is 16.9 Å². The molecule has 0 saturated heterocycles. The second-order valence-corrected chi connectivity index (χ2v) is 5.93. The molecule has 5 aromatic rings. The fraction of sp³-hybridized carbons (Fsp3) is 0. The molecule has 3 aromatic heterocycles. The predicted molar refractivity (Wildman–Crippen MR) is 100 cm³/mol. The summed E-state index contributed by atoms with van der Waals surface area (Å²) in [5.41, 5.74) is 2.91. The Morgan fingerprint density at radius 3 is 2.35 bits per heavy atom. The lowest BCUT2D eigenvalue weighted by molar-refractivity contribution is 0.558. The summed E-state index contributed by atoms with van der Waals surface area (Å²) in [7, 11) is 0. The van der Waals surface area contributed by atoms with Crippen LogP contribution in [-0.2, 0) is 0 Å². The molecule has 0 aliphatic heterocycles. The van der Waals surface area contributed by atoms with Crippen LogP contribution in [0.2, 0.25) is 0 Å². The van der Waals surface area contributed by atoms with Gasteiger partial charge in [-0.15, -0.1) is 0 Å². The van der Waals surface area contributed by atoms with Gasteiger partial charge in [0.2, 0.25) is 5.71 Å². The largest absolute Gasteiger partial charge is 0.403 e. The number of benzene rings is 2. The van der Waals surface area contributed by atoms with Gasteiger partial charge in [-0.3, -0.25) is 0 Å². The lowest BCUT2D eigenvalue weighted by Gasteiger charge is -2.04. The van der Waals surface area contributed by atoms with Crippen molar-refractivity contribution in [3.05, 3.63) is 89.4 Å². The van der Waals surface area contributed by atoms with Crippen molar-refractivity contribution in [2.45, 2.75) is 0 Å². The van der Waals surface area contributed by atoms with Crippen molar-refractivity contribution in [1.29, 1.82) is 0 Å². The van der Waals surface area contributed by atoms with Gasteiger partial charge in [0, 0.05) is 11.8 Å². The first-order valence-corrected chi connectivity index (χ1v) is 8.24. The van der Waals surface area contributed by atoms with E-state index in [0.717, 1.165) is 16.6 Å². The van der Waals surface area contributed by atoms with Crippen molar-refractivity contribution in [3.63, 3.8) is 0 Å². The van der Waals surface area contributed by atoms with Crippen molar-refractivity contribution in [1.82, 2.24) is 14.8 Å². The van der Waals surface area contributed by atoms with Crippen LogP contribution in [0, 0.1) is 0 Å². The predicted octanol–water partition coefficient (Wildman–Crippen LogP) is 4.19. The maximum Gasteiger partial charge on any atom is 0.349 e. The third kappa shape index (κ3) is 2.14. The molecule has 0 aliphatic carbocycles. The second-order valence-electron chi connectivity index (χ2n) is 5.93. The van der Waals surface area contributed by atoms with Crippen LogP contribution in [0.15, 0.2) is 88.2 Å². The third-order valence-corrected chi connectivity index (χ3v) is 4.35. The van der Waals surface area contributed by atoms with E-state index in [2.05, 4.69) is 4.98 Å². The van der Waals surface area contributed by atoms with Gasteiger partial charge in [0.15, 0.2) is 0 Å². The summed E-state index contributed by atoms with van der Waals surface area (Å²) in [5, 5.41) is 5.98. The molecule has 26 heavy (non-hydrogen) atoms. The van der Waals surface area contributed by atoms with Crippen molar-refractivity contribution in [2.75, 3.05) is 0 Å². The zero-order chi connectivity index (χ0) is 17.5. The van der Waals surface area contributed by atoms with Crippen LogP contribution in [-0.4, -0.2) is 14.8 Å². The SMILES string of the molecule is O=c1oc2ncccc2c2c1c(-c1ccccc1)nn2-c1ccccc1. The van der Waals surface area contributed by atoms with E-state index in [-0.39, 0.29) is 0 Å². The Labute approximate surface area is 148 Å². The Bertz CT molecular complexity index is 1290. The van der Waals surface area contributed by atoms with Crippen molar-refractivity contribution in [2.24, 2.45) is 0 Å². The lowest BCUT2D eigenvalue weighted by Crippen LogP contribution is -2.02. The topological polar surface area (TPSA) is 60.9 Å². The highest BCUT2D eigenvalue weighted by molar-refractivity contribution is 6.06. The second kappa shape index (κ2) is 5.67. The Kier molecular flexibility index (Phi) is 3.18. The van der Waals surface area contributed by atoms with Gasteiger partial charge >= 0.3 is 5.63 Å². The molecule has 0 amide bonds. The number of pyridine rings is 1. The molecular formula is C21H13N3O2. The van der Waals surface area contributed by atoms with Gasteiger partial charge in [0.25, 0.3) is 0 Å². The number of hydrogen-bond donors (Lipinski definition) is 0. The summed E-state index contributed by atoms with van der Waals surface area (Å²) in [4.78, 5) is 17.0. The van der Waals surface area contributed by atoms with Crippen LogP contribution in [0.1, 0.15) is 0 Å². The van der Waals surface area contributed by atoms with E-state index in [9.17, 15) is 4.79 Å². The third-order valence-electron chi connectivity index (χ3n) is 4.35. The molecule has 0 saturated carbocycles. The number of aromatic nitrogens is 3. The minimum atomic E-state index is -0.438. The normalized spacial score (nSPS) is 11.2. The molecule has 0 unspecified atom stereocenters. The summed E-state index contributed by atoms with van der Waals surface area (Å²) in [5.74, 6) is 0. The van der Waals surface area contributed by atoms with Crippen LogP contribution < -0.4 is 5.63 Å². The molecule has 2 aromatic carbocycles. The van der Waals surface area contributed by atoms with Gasteiger partial charge in [-0.25, -0.2) is 14.5 Å². The molecule has 0 N–H and O–H groups in total. The standard InChI is InChI=1S/C21H13N3O2/c25-21-17-18(14-8-3-1-4-9-14)23-24(15-10-5-2-6-11-15)19(17)16-12-7-13-22-20(16)26-21/h1-13H. The molecule has 0 radical (unpaired) electrons. The first-order valence-electron chi connectivity index (χ1n) is 8.24. The highest BCUT2D eigenvalue weighted by Gasteiger charge is 2.21. The summed E-state index contributed by atoms with van der Waals surface area (Å²) in [6, 6.07) is 23.1. The molecule has 5 rings (SSSR count). The van der Waals surface area contributed by atoms with Gasteiger partial charge in [-0.2, -0.15) is 5.10 Å². The Morgan fingerprint density at radius 1 is 0.846 bits per heavy atom. The molecule has 3 heterocycles. The summed E-state index contributed by atoms with van der Waals surface area (Å²) >= 11 is 0. The Balaban J connectivity index is 2.00. The maximum atomic E-state index is 12.8. The quantitative estimate of drug-likeness (QED) is 0.484. The van der Waals surface area contributed by atoms with Gasteiger partial charge in [-0.05, 0) is 24.3 Å². The van der Waals surface area contributed by atoms with Crippen LogP contribution in [0.4, 0.5) is 0 Å². The van der Waals surface area contributed by atoms with E-state index in [4.69, 9.17) is 9.52 Å². The van der Waals surface area contributed by atoms with Crippen LogP contribution >= 0.6 is 0 Å². The summed E-state index contributed by atoms with van der Waals surface area (Å²) in [6.45, 7) is 0. The molecule has 5 heteroatoms. The molecule has 0 bridgehead atoms. The van der Waals surface area contributed by atoms with E-state index >= 15 is 0 Å². The van der Waals surface area contributed by atoms with Gasteiger partial charge in [0.1, 0.15) is 11.1 Å². The number of nitrogens with zero attached hydrogens (tertiary/aromatic N) is 3. The first kappa shape index (κ1) is 14.6. The van der Waals surface area contributed by atoms with Crippen LogP contribution in [0.25, 0.3) is 38.9 Å².